The van der Waals surface area contributed by atoms with Gasteiger partial charge in [0.05, 0.1) is 33.3 Å². The number of carbonyl (C=O) groups excluding carboxylic acids is 2. The number of nitrogens with zero attached hydrogens (tertiary/aromatic N) is 2. The Balaban J connectivity index is 1.47. The molecule has 0 radical (unpaired) electrons. The number of fused-ring (bicyclic) bond motifs is 2. The average molecular weight is 479 g/mol. The number of hydrogen-bond acceptors (Lipinski definition) is 6. The number of amides is 2. The van der Waals surface area contributed by atoms with E-state index >= 15 is 0 Å². The fourth-order valence-corrected chi connectivity index (χ4v) is 5.65. The van der Waals surface area contributed by atoms with Crippen molar-refractivity contribution in [3.63, 3.8) is 0 Å². The Bertz CT molecular complexity index is 1390. The lowest BCUT2D eigenvalue weighted by atomic mass is 10.1. The van der Waals surface area contributed by atoms with Crippen LogP contribution in [0.4, 0.5) is 0 Å². The first kappa shape index (κ1) is 22.4. The molecule has 9 heteroatoms. The third-order valence-corrected chi connectivity index (χ3v) is 7.35. The van der Waals surface area contributed by atoms with Gasteiger partial charge in [0, 0.05) is 49.6 Å². The fraction of sp³-hybridized carbons (Fsp3) is 0.320. The van der Waals surface area contributed by atoms with Crippen LogP contribution < -0.4 is 10.1 Å². The smallest absolute Gasteiger partial charge is 0.264 e. The molecule has 0 spiro atoms. The quantitative estimate of drug-likeness (QED) is 0.426. The topological polar surface area (TPSA) is 96.6 Å². The van der Waals surface area contributed by atoms with Crippen molar-refractivity contribution in [3.8, 4) is 11.5 Å². The molecule has 1 atom stereocenters. The van der Waals surface area contributed by atoms with Crippen LogP contribution in [0.1, 0.15) is 38.6 Å². The van der Waals surface area contributed by atoms with E-state index in [9.17, 15) is 9.59 Å². The number of rotatable bonds is 6. The van der Waals surface area contributed by atoms with Crippen LogP contribution in [0.3, 0.4) is 0 Å². The SMILES string of the molecule is CNC(=O)c1c(C)[nH]c2ccc(Oc3ccnc4cc(C(=O)N5CCC[C@@H]5COC)sc34)cc12. The predicted molar refractivity (Wildman–Crippen MR) is 132 cm³/mol. The van der Waals surface area contributed by atoms with Crippen LogP contribution in [-0.2, 0) is 4.74 Å². The third kappa shape index (κ3) is 3.91. The number of H-pyrrole nitrogens is 1. The number of hydrogen-bond donors (Lipinski definition) is 2. The molecule has 1 aliphatic rings. The van der Waals surface area contributed by atoms with Crippen LogP contribution >= 0.6 is 11.3 Å². The van der Waals surface area contributed by atoms with Gasteiger partial charge in [-0.15, -0.1) is 11.3 Å². The summed E-state index contributed by atoms with van der Waals surface area (Å²) < 4.78 is 12.3. The molecular formula is C25H26N4O4S. The van der Waals surface area contributed by atoms with Gasteiger partial charge in [0.2, 0.25) is 0 Å². The minimum absolute atomic E-state index is 0.00735. The van der Waals surface area contributed by atoms with E-state index in [-0.39, 0.29) is 17.9 Å². The van der Waals surface area contributed by atoms with E-state index in [2.05, 4.69) is 15.3 Å². The molecule has 1 aliphatic heterocycles. The molecule has 176 valence electrons. The molecule has 3 aromatic heterocycles. The Morgan fingerprint density at radius 2 is 2.15 bits per heavy atom. The van der Waals surface area contributed by atoms with Gasteiger partial charge in [-0.3, -0.25) is 14.6 Å². The summed E-state index contributed by atoms with van der Waals surface area (Å²) in [6.45, 7) is 3.16. The van der Waals surface area contributed by atoms with Crippen molar-refractivity contribution >= 4 is 44.3 Å². The lowest BCUT2D eigenvalue weighted by molar-refractivity contribution is 0.0635. The minimum Gasteiger partial charge on any atom is -0.456 e. The van der Waals surface area contributed by atoms with Gasteiger partial charge in [-0.05, 0) is 44.0 Å². The molecule has 2 amide bonds. The molecular weight excluding hydrogens is 452 g/mol. The third-order valence-electron chi connectivity index (χ3n) is 6.22. The number of thiophene rings is 1. The van der Waals surface area contributed by atoms with Crippen molar-refractivity contribution in [3.05, 3.63) is 52.7 Å². The maximum Gasteiger partial charge on any atom is 0.264 e. The highest BCUT2D eigenvalue weighted by Crippen LogP contribution is 2.37. The first-order valence-corrected chi connectivity index (χ1v) is 12.0. The number of methoxy groups -OCH3 is 1. The fourth-order valence-electron chi connectivity index (χ4n) is 4.62. The van der Waals surface area contributed by atoms with Gasteiger partial charge in [-0.2, -0.15) is 0 Å². The zero-order chi connectivity index (χ0) is 23.8. The minimum atomic E-state index is -0.151. The summed E-state index contributed by atoms with van der Waals surface area (Å²) >= 11 is 1.39. The molecule has 34 heavy (non-hydrogen) atoms. The van der Waals surface area contributed by atoms with Crippen molar-refractivity contribution in [2.75, 3.05) is 27.3 Å². The number of nitrogens with one attached hydrogen (secondary N) is 2. The largest absolute Gasteiger partial charge is 0.456 e. The maximum absolute atomic E-state index is 13.2. The Morgan fingerprint density at radius 1 is 1.29 bits per heavy atom. The van der Waals surface area contributed by atoms with Crippen LogP contribution in [0.5, 0.6) is 11.5 Å². The highest BCUT2D eigenvalue weighted by molar-refractivity contribution is 7.21. The molecule has 0 bridgehead atoms. The van der Waals surface area contributed by atoms with E-state index < -0.39 is 0 Å². The van der Waals surface area contributed by atoms with Crippen LogP contribution in [0.15, 0.2) is 36.5 Å². The number of aromatic nitrogens is 2. The molecule has 5 rings (SSSR count). The van der Waals surface area contributed by atoms with Gasteiger partial charge in [0.1, 0.15) is 11.5 Å². The highest BCUT2D eigenvalue weighted by Gasteiger charge is 2.30. The predicted octanol–water partition coefficient (Wildman–Crippen LogP) is 4.49. The summed E-state index contributed by atoms with van der Waals surface area (Å²) in [6.07, 6.45) is 3.61. The zero-order valence-corrected chi connectivity index (χ0v) is 20.1. The van der Waals surface area contributed by atoms with Crippen LogP contribution in [0.2, 0.25) is 0 Å². The number of aryl methyl sites for hydroxylation is 1. The molecule has 0 unspecified atom stereocenters. The number of benzene rings is 1. The van der Waals surface area contributed by atoms with E-state index in [0.717, 1.165) is 46.2 Å². The Labute approximate surface area is 200 Å². The Hall–Kier alpha value is -3.43. The first-order chi connectivity index (χ1) is 16.5. The zero-order valence-electron chi connectivity index (χ0n) is 19.3. The van der Waals surface area contributed by atoms with Gasteiger partial charge in [-0.1, -0.05) is 0 Å². The number of carbonyl (C=O) groups is 2. The number of likely N-dealkylation sites (tertiary alicyclic amines) is 1. The molecule has 1 fully saturated rings. The Kier molecular flexibility index (Phi) is 5.97. The van der Waals surface area contributed by atoms with E-state index in [1.165, 1.54) is 11.3 Å². The standard InChI is InChI=1S/C25H26N4O4S/c1-14-22(24(30)26-2)17-11-16(6-7-18(17)28-14)33-20-8-9-27-19-12-21(34-23(19)20)25(31)29-10-4-5-15(29)13-32-3/h6-9,11-12,15,28H,4-5,10,13H2,1-3H3,(H,26,30)/t15-/m1/s1. The molecule has 2 N–H and O–H groups in total. The summed E-state index contributed by atoms with van der Waals surface area (Å²) in [5.41, 5.74) is 2.98. The monoisotopic (exact) mass is 478 g/mol. The maximum atomic E-state index is 13.2. The molecule has 0 saturated carbocycles. The van der Waals surface area contributed by atoms with E-state index in [0.29, 0.717) is 28.5 Å². The van der Waals surface area contributed by atoms with Gasteiger partial charge in [-0.25, -0.2) is 0 Å². The van der Waals surface area contributed by atoms with Crippen LogP contribution in [-0.4, -0.2) is 60.0 Å². The van der Waals surface area contributed by atoms with Crippen molar-refractivity contribution in [2.24, 2.45) is 0 Å². The second kappa shape index (κ2) is 9.08. The van der Waals surface area contributed by atoms with E-state index in [1.54, 1.807) is 26.4 Å². The van der Waals surface area contributed by atoms with Crippen molar-refractivity contribution in [2.45, 2.75) is 25.8 Å². The summed E-state index contributed by atoms with van der Waals surface area (Å²) in [5.74, 6) is 1.08. The van der Waals surface area contributed by atoms with E-state index in [4.69, 9.17) is 9.47 Å². The Morgan fingerprint density at radius 3 is 2.94 bits per heavy atom. The van der Waals surface area contributed by atoms with Gasteiger partial charge in [0.15, 0.2) is 0 Å². The van der Waals surface area contributed by atoms with Crippen molar-refractivity contribution in [1.82, 2.24) is 20.2 Å². The van der Waals surface area contributed by atoms with Crippen molar-refractivity contribution < 1.29 is 19.1 Å². The number of aromatic amines is 1. The molecule has 4 heterocycles. The first-order valence-electron chi connectivity index (χ1n) is 11.2. The second-order valence-corrected chi connectivity index (χ2v) is 9.45. The summed E-state index contributed by atoms with van der Waals surface area (Å²) in [4.78, 5) is 35.8. The summed E-state index contributed by atoms with van der Waals surface area (Å²) in [5, 5.41) is 3.48. The van der Waals surface area contributed by atoms with Gasteiger partial charge < -0.3 is 24.7 Å². The van der Waals surface area contributed by atoms with Crippen molar-refractivity contribution in [1.29, 1.82) is 0 Å². The summed E-state index contributed by atoms with van der Waals surface area (Å²) in [6, 6.07) is 9.35. The van der Waals surface area contributed by atoms with Crippen LogP contribution in [0.25, 0.3) is 21.1 Å². The van der Waals surface area contributed by atoms with Gasteiger partial charge in [0.25, 0.3) is 11.8 Å². The lowest BCUT2D eigenvalue weighted by Crippen LogP contribution is -2.37. The molecule has 1 aromatic carbocycles. The van der Waals surface area contributed by atoms with E-state index in [1.807, 2.05) is 36.1 Å². The number of ether oxygens (including phenoxy) is 2. The van der Waals surface area contributed by atoms with Gasteiger partial charge >= 0.3 is 0 Å². The molecule has 0 aliphatic carbocycles. The number of pyridine rings is 1. The molecule has 4 aromatic rings. The molecule has 8 nitrogen and oxygen atoms in total. The lowest BCUT2D eigenvalue weighted by Gasteiger charge is -2.23. The highest BCUT2D eigenvalue weighted by atomic mass is 32.1. The average Bonchev–Trinajstić information content (AvgIpc) is 3.55. The van der Waals surface area contributed by atoms with Crippen LogP contribution in [0, 0.1) is 6.92 Å². The summed E-state index contributed by atoms with van der Waals surface area (Å²) in [7, 11) is 3.28. The normalized spacial score (nSPS) is 15.9. The second-order valence-electron chi connectivity index (χ2n) is 8.40. The molecule has 1 saturated heterocycles.